The third kappa shape index (κ3) is 7.66. The molecule has 1 heterocycles. The molecule has 1 aliphatic heterocycles. The van der Waals surface area contributed by atoms with E-state index in [-0.39, 0.29) is 59.4 Å². The SMILES string of the molecule is CCCc1cc(C(O)(C(F)(F)F)C(F)(F)F)cc(CC)c1Oc1ccc(C(=O)CN2CNC(C)(c3ccc(OC(C)C)cc3)C2)c(C)c1. The van der Waals surface area contributed by atoms with Crippen LogP contribution in [-0.4, -0.2) is 54.0 Å². The minimum absolute atomic E-state index is 0.0416. The van der Waals surface area contributed by atoms with Crippen LogP contribution in [0.5, 0.6) is 17.2 Å². The summed E-state index contributed by atoms with van der Waals surface area (Å²) in [6.45, 7) is 12.3. The van der Waals surface area contributed by atoms with Crippen molar-refractivity contribution in [2.45, 2.75) is 90.4 Å². The number of Topliss-reactive ketones (excluding diaryl/α,β-unsaturated/α-hetero) is 1. The Hall–Kier alpha value is -3.61. The Balaban J connectivity index is 1.53. The maximum absolute atomic E-state index is 13.7. The zero-order chi connectivity index (χ0) is 35.7. The maximum atomic E-state index is 13.7. The third-order valence-electron chi connectivity index (χ3n) is 8.56. The summed E-state index contributed by atoms with van der Waals surface area (Å²) in [6.07, 6.45) is -11.4. The number of alkyl halides is 6. The number of nitrogens with one attached hydrogen (secondary N) is 1. The Morgan fingerprint density at radius 3 is 2.10 bits per heavy atom. The zero-order valence-corrected chi connectivity index (χ0v) is 27.9. The number of carbonyl (C=O) groups excluding carboxylic acids is 1. The lowest BCUT2D eigenvalue weighted by Crippen LogP contribution is -2.54. The fourth-order valence-electron chi connectivity index (χ4n) is 6.04. The number of benzene rings is 3. The first-order chi connectivity index (χ1) is 22.3. The van der Waals surface area contributed by atoms with Crippen molar-refractivity contribution in [3.8, 4) is 17.2 Å². The molecule has 262 valence electrons. The first kappa shape index (κ1) is 37.2. The van der Waals surface area contributed by atoms with Gasteiger partial charge in [-0.25, -0.2) is 0 Å². The molecule has 1 aliphatic rings. The molecule has 6 nitrogen and oxygen atoms in total. The normalized spacial score (nSPS) is 17.6. The van der Waals surface area contributed by atoms with Crippen molar-refractivity contribution in [1.82, 2.24) is 10.2 Å². The van der Waals surface area contributed by atoms with Crippen LogP contribution in [0.1, 0.15) is 79.2 Å². The smallest absolute Gasteiger partial charge is 0.430 e. The van der Waals surface area contributed by atoms with E-state index in [1.807, 2.05) is 43.0 Å². The van der Waals surface area contributed by atoms with E-state index in [4.69, 9.17) is 9.47 Å². The molecule has 0 saturated carbocycles. The molecule has 1 fully saturated rings. The van der Waals surface area contributed by atoms with Gasteiger partial charge in [-0.3, -0.25) is 15.0 Å². The van der Waals surface area contributed by atoms with Crippen molar-refractivity contribution in [3.05, 3.63) is 88.0 Å². The zero-order valence-electron chi connectivity index (χ0n) is 27.9. The van der Waals surface area contributed by atoms with Crippen molar-refractivity contribution >= 4 is 5.78 Å². The average molecular weight is 681 g/mol. The fraction of sp³-hybridized carbons (Fsp3) is 0.472. The highest BCUT2D eigenvalue weighted by atomic mass is 19.4. The summed E-state index contributed by atoms with van der Waals surface area (Å²) >= 11 is 0. The summed E-state index contributed by atoms with van der Waals surface area (Å²) in [5, 5.41) is 13.6. The lowest BCUT2D eigenvalue weighted by molar-refractivity contribution is -0.376. The summed E-state index contributed by atoms with van der Waals surface area (Å²) in [5.41, 5.74) is -4.42. The molecule has 1 unspecified atom stereocenters. The molecule has 3 aromatic carbocycles. The molecule has 1 atom stereocenters. The van der Waals surface area contributed by atoms with Gasteiger partial charge in [-0.05, 0) is 105 Å². The number of ether oxygens (including phenoxy) is 2. The van der Waals surface area contributed by atoms with Gasteiger partial charge in [0.05, 0.1) is 18.2 Å². The maximum Gasteiger partial charge on any atom is 0.430 e. The summed E-state index contributed by atoms with van der Waals surface area (Å²) in [6, 6.07) is 14.1. The van der Waals surface area contributed by atoms with Gasteiger partial charge in [0.25, 0.3) is 5.60 Å². The predicted octanol–water partition coefficient (Wildman–Crippen LogP) is 8.36. The fourth-order valence-corrected chi connectivity index (χ4v) is 6.04. The van der Waals surface area contributed by atoms with Gasteiger partial charge in [0.1, 0.15) is 17.2 Å². The molecule has 0 aliphatic carbocycles. The Labute approximate surface area is 277 Å². The third-order valence-corrected chi connectivity index (χ3v) is 8.56. The van der Waals surface area contributed by atoms with E-state index in [1.165, 1.54) is 0 Å². The molecule has 2 N–H and O–H groups in total. The highest BCUT2D eigenvalue weighted by Crippen LogP contribution is 2.51. The van der Waals surface area contributed by atoms with Crippen molar-refractivity contribution < 1.29 is 45.7 Å². The molecular formula is C36H42F6N2O4. The number of halogens is 6. The second-order valence-electron chi connectivity index (χ2n) is 12.8. The summed E-state index contributed by atoms with van der Waals surface area (Å²) in [4.78, 5) is 15.4. The van der Waals surface area contributed by atoms with Crippen LogP contribution >= 0.6 is 0 Å². The number of ketones is 1. The van der Waals surface area contributed by atoms with Gasteiger partial charge in [-0.1, -0.05) is 32.4 Å². The molecule has 0 spiro atoms. The Morgan fingerprint density at radius 1 is 0.958 bits per heavy atom. The molecule has 3 aromatic rings. The van der Waals surface area contributed by atoms with E-state index in [0.29, 0.717) is 36.8 Å². The van der Waals surface area contributed by atoms with Crippen molar-refractivity contribution in [2.24, 2.45) is 0 Å². The largest absolute Gasteiger partial charge is 0.491 e. The number of hydrogen-bond donors (Lipinski definition) is 2. The van der Waals surface area contributed by atoms with Crippen LogP contribution in [0, 0.1) is 6.92 Å². The Bertz CT molecular complexity index is 1590. The molecular weight excluding hydrogens is 638 g/mol. The van der Waals surface area contributed by atoms with Gasteiger partial charge < -0.3 is 14.6 Å². The second-order valence-corrected chi connectivity index (χ2v) is 12.8. The Kier molecular flexibility index (Phi) is 10.9. The van der Waals surface area contributed by atoms with Crippen LogP contribution < -0.4 is 14.8 Å². The van der Waals surface area contributed by atoms with Gasteiger partial charge in [0.15, 0.2) is 5.78 Å². The van der Waals surface area contributed by atoms with Crippen LogP contribution in [0.15, 0.2) is 54.6 Å². The first-order valence-electron chi connectivity index (χ1n) is 15.9. The number of carbonyl (C=O) groups is 1. The van der Waals surface area contributed by atoms with Gasteiger partial charge >= 0.3 is 12.4 Å². The van der Waals surface area contributed by atoms with Gasteiger partial charge in [0.2, 0.25) is 0 Å². The summed E-state index contributed by atoms with van der Waals surface area (Å²) in [7, 11) is 0. The van der Waals surface area contributed by atoms with Crippen molar-refractivity contribution in [3.63, 3.8) is 0 Å². The lowest BCUT2D eigenvalue weighted by Gasteiger charge is -2.33. The van der Waals surface area contributed by atoms with Crippen molar-refractivity contribution in [2.75, 3.05) is 19.8 Å². The topological polar surface area (TPSA) is 71.0 Å². The van der Waals surface area contributed by atoms with Crippen LogP contribution in [0.3, 0.4) is 0 Å². The van der Waals surface area contributed by atoms with E-state index in [9.17, 15) is 36.2 Å². The van der Waals surface area contributed by atoms with Crippen LogP contribution in [-0.2, 0) is 24.0 Å². The molecule has 0 amide bonds. The van der Waals surface area contributed by atoms with Crippen LogP contribution in [0.2, 0.25) is 0 Å². The average Bonchev–Trinajstić information content (AvgIpc) is 3.37. The lowest BCUT2D eigenvalue weighted by atomic mass is 9.87. The minimum atomic E-state index is -6.00. The van der Waals surface area contributed by atoms with Gasteiger partial charge in [-0.2, -0.15) is 26.3 Å². The molecule has 0 aromatic heterocycles. The number of aryl methyl sites for hydroxylation is 3. The molecule has 4 rings (SSSR count). The molecule has 12 heteroatoms. The minimum Gasteiger partial charge on any atom is -0.491 e. The monoisotopic (exact) mass is 680 g/mol. The standard InChI is InChI=1S/C36H42F6N2O4/c1-7-9-25-18-27(34(46,35(37,38)39)36(40,41)42)17-24(8-2)32(25)48-29-14-15-30(23(5)16-29)31(45)19-44-20-33(6,43-21-44)26-10-12-28(13-11-26)47-22(3)4/h10-18,22,43,46H,7-9,19-21H2,1-6H3. The molecule has 0 radical (unpaired) electrons. The van der Waals surface area contributed by atoms with E-state index >= 15 is 0 Å². The number of hydrogen-bond acceptors (Lipinski definition) is 6. The number of rotatable bonds is 12. The van der Waals surface area contributed by atoms with Crippen LogP contribution in [0.25, 0.3) is 0 Å². The number of aliphatic hydroxyl groups is 1. The molecule has 1 saturated heterocycles. The van der Waals surface area contributed by atoms with E-state index in [0.717, 1.165) is 17.4 Å². The highest BCUT2D eigenvalue weighted by molar-refractivity contribution is 5.99. The first-order valence-corrected chi connectivity index (χ1v) is 15.9. The molecule has 48 heavy (non-hydrogen) atoms. The number of nitrogens with zero attached hydrogens (tertiary/aromatic N) is 1. The van der Waals surface area contributed by atoms with Crippen molar-refractivity contribution in [1.29, 1.82) is 0 Å². The van der Waals surface area contributed by atoms with Gasteiger partial charge in [-0.15, -0.1) is 0 Å². The van der Waals surface area contributed by atoms with Crippen LogP contribution in [0.4, 0.5) is 26.3 Å². The van der Waals surface area contributed by atoms with E-state index in [1.54, 1.807) is 39.0 Å². The van der Waals surface area contributed by atoms with E-state index in [2.05, 4.69) is 12.2 Å². The molecule has 0 bridgehead atoms. The quantitative estimate of drug-likeness (QED) is 0.148. The van der Waals surface area contributed by atoms with Gasteiger partial charge in [0, 0.05) is 24.3 Å². The predicted molar refractivity (Wildman–Crippen MR) is 171 cm³/mol. The summed E-state index contributed by atoms with van der Waals surface area (Å²) in [5.74, 6) is 1.06. The Morgan fingerprint density at radius 2 is 1.56 bits per heavy atom. The van der Waals surface area contributed by atoms with E-state index < -0.39 is 23.5 Å². The highest BCUT2D eigenvalue weighted by Gasteiger charge is 2.71. The second kappa shape index (κ2) is 14.1. The summed E-state index contributed by atoms with van der Waals surface area (Å²) < 4.78 is 93.9.